The van der Waals surface area contributed by atoms with Crippen LogP contribution in [0.2, 0.25) is 5.02 Å². The highest BCUT2D eigenvalue weighted by molar-refractivity contribution is 6.32. The Bertz CT molecular complexity index is 532. The molecule has 0 amide bonds. The number of benzene rings is 1. The molecule has 1 N–H and O–H groups in total. The third-order valence-electron chi connectivity index (χ3n) is 2.27. The molecule has 0 unspecified atom stereocenters. The van der Waals surface area contributed by atoms with E-state index in [0.29, 0.717) is 22.0 Å². The number of ether oxygens (including phenoxy) is 1. The van der Waals surface area contributed by atoms with Crippen LogP contribution < -0.4 is 4.74 Å². The fourth-order valence-corrected chi connectivity index (χ4v) is 1.48. The summed E-state index contributed by atoms with van der Waals surface area (Å²) in [4.78, 5) is 8.12. The van der Waals surface area contributed by atoms with Gasteiger partial charge >= 0.3 is 6.01 Å². The first-order chi connectivity index (χ1) is 8.20. The standard InChI is InChI=1S/C12H11ClN2O2/c1-8-9(7-16)6-14-12(15-8)17-11-5-3-2-4-10(11)13/h2-6,16H,7H2,1H3. The van der Waals surface area contributed by atoms with Crippen molar-refractivity contribution in [3.05, 3.63) is 46.7 Å². The Morgan fingerprint density at radius 3 is 2.76 bits per heavy atom. The summed E-state index contributed by atoms with van der Waals surface area (Å²) in [5.74, 6) is 0.505. The van der Waals surface area contributed by atoms with Crippen molar-refractivity contribution in [1.82, 2.24) is 9.97 Å². The van der Waals surface area contributed by atoms with E-state index in [9.17, 15) is 0 Å². The van der Waals surface area contributed by atoms with E-state index in [1.165, 1.54) is 6.20 Å². The zero-order valence-corrected chi connectivity index (χ0v) is 9.98. The van der Waals surface area contributed by atoms with Gasteiger partial charge in [-0.1, -0.05) is 23.7 Å². The van der Waals surface area contributed by atoms with E-state index in [2.05, 4.69) is 9.97 Å². The van der Waals surface area contributed by atoms with Crippen molar-refractivity contribution in [2.75, 3.05) is 0 Å². The van der Waals surface area contributed by atoms with E-state index < -0.39 is 0 Å². The summed E-state index contributed by atoms with van der Waals surface area (Å²) < 4.78 is 5.45. The smallest absolute Gasteiger partial charge is 0.322 e. The van der Waals surface area contributed by atoms with Crippen molar-refractivity contribution in [3.8, 4) is 11.8 Å². The van der Waals surface area contributed by atoms with Gasteiger partial charge in [0.15, 0.2) is 0 Å². The molecule has 1 aromatic heterocycles. The lowest BCUT2D eigenvalue weighted by atomic mass is 10.3. The van der Waals surface area contributed by atoms with Crippen LogP contribution in [0, 0.1) is 6.92 Å². The monoisotopic (exact) mass is 250 g/mol. The highest BCUT2D eigenvalue weighted by Gasteiger charge is 2.06. The van der Waals surface area contributed by atoms with Gasteiger partial charge in [0, 0.05) is 11.8 Å². The minimum Gasteiger partial charge on any atom is -0.423 e. The zero-order valence-electron chi connectivity index (χ0n) is 9.22. The van der Waals surface area contributed by atoms with Crippen LogP contribution in [0.1, 0.15) is 11.3 Å². The highest BCUT2D eigenvalue weighted by Crippen LogP contribution is 2.26. The van der Waals surface area contributed by atoms with Crippen molar-refractivity contribution < 1.29 is 9.84 Å². The van der Waals surface area contributed by atoms with Gasteiger partial charge in [0.2, 0.25) is 0 Å². The second-order valence-electron chi connectivity index (χ2n) is 3.45. The van der Waals surface area contributed by atoms with Gasteiger partial charge in [-0.3, -0.25) is 0 Å². The predicted molar refractivity (Wildman–Crippen MR) is 64.2 cm³/mol. The number of rotatable bonds is 3. The topological polar surface area (TPSA) is 55.2 Å². The Balaban J connectivity index is 2.25. The minimum atomic E-state index is -0.0851. The van der Waals surface area contributed by atoms with Gasteiger partial charge in [0.25, 0.3) is 0 Å². The molecule has 1 aromatic carbocycles. The molecule has 0 aliphatic heterocycles. The predicted octanol–water partition coefficient (Wildman–Crippen LogP) is 2.72. The SMILES string of the molecule is Cc1nc(Oc2ccccc2Cl)ncc1CO. The van der Waals surface area contributed by atoms with E-state index in [1.54, 1.807) is 19.1 Å². The van der Waals surface area contributed by atoms with E-state index in [-0.39, 0.29) is 12.6 Å². The molecule has 0 atom stereocenters. The lowest BCUT2D eigenvalue weighted by molar-refractivity contribution is 0.279. The molecule has 0 bridgehead atoms. The van der Waals surface area contributed by atoms with Crippen molar-refractivity contribution in [3.63, 3.8) is 0 Å². The number of aryl methyl sites for hydroxylation is 1. The number of aliphatic hydroxyl groups excluding tert-OH is 1. The molecule has 2 rings (SSSR count). The maximum Gasteiger partial charge on any atom is 0.322 e. The third-order valence-corrected chi connectivity index (χ3v) is 2.58. The Labute approximate surface area is 104 Å². The summed E-state index contributed by atoms with van der Waals surface area (Å²) in [5, 5.41) is 9.50. The maximum atomic E-state index is 9.00. The van der Waals surface area contributed by atoms with Gasteiger partial charge in [0.05, 0.1) is 17.3 Å². The molecule has 88 valence electrons. The molecule has 5 heteroatoms. The van der Waals surface area contributed by atoms with Gasteiger partial charge < -0.3 is 9.84 Å². The van der Waals surface area contributed by atoms with E-state index >= 15 is 0 Å². The molecule has 4 nitrogen and oxygen atoms in total. The summed E-state index contributed by atoms with van der Waals surface area (Å²) in [5.41, 5.74) is 1.36. The largest absolute Gasteiger partial charge is 0.423 e. The second-order valence-corrected chi connectivity index (χ2v) is 3.86. The zero-order chi connectivity index (χ0) is 12.3. The Hall–Kier alpha value is -1.65. The van der Waals surface area contributed by atoms with Gasteiger partial charge in [-0.2, -0.15) is 4.98 Å². The Morgan fingerprint density at radius 2 is 2.12 bits per heavy atom. The average molecular weight is 251 g/mol. The first-order valence-electron chi connectivity index (χ1n) is 5.06. The molecule has 0 fully saturated rings. The summed E-state index contributed by atoms with van der Waals surface area (Å²) in [6.07, 6.45) is 1.54. The number of para-hydroxylation sites is 1. The van der Waals surface area contributed by atoms with Gasteiger partial charge in [-0.25, -0.2) is 4.98 Å². The van der Waals surface area contributed by atoms with Crippen LogP contribution in [0.5, 0.6) is 11.8 Å². The summed E-state index contributed by atoms with van der Waals surface area (Å²) >= 11 is 5.95. The molecule has 1 heterocycles. The molecule has 0 aliphatic rings. The molecule has 0 radical (unpaired) electrons. The van der Waals surface area contributed by atoms with Gasteiger partial charge in [0.1, 0.15) is 5.75 Å². The molecule has 2 aromatic rings. The van der Waals surface area contributed by atoms with Crippen molar-refractivity contribution in [1.29, 1.82) is 0 Å². The molecule has 0 aliphatic carbocycles. The third kappa shape index (κ3) is 2.72. The summed E-state index contributed by atoms with van der Waals surface area (Å²) in [7, 11) is 0. The molecule has 17 heavy (non-hydrogen) atoms. The summed E-state index contributed by atoms with van der Waals surface area (Å²) in [6.45, 7) is 1.70. The lowest BCUT2D eigenvalue weighted by Gasteiger charge is -2.07. The van der Waals surface area contributed by atoms with Crippen LogP contribution in [-0.4, -0.2) is 15.1 Å². The van der Waals surface area contributed by atoms with Crippen molar-refractivity contribution in [2.45, 2.75) is 13.5 Å². The van der Waals surface area contributed by atoms with Crippen molar-refractivity contribution in [2.24, 2.45) is 0 Å². The lowest BCUT2D eigenvalue weighted by Crippen LogP contribution is -1.98. The number of aliphatic hydroxyl groups is 1. The van der Waals surface area contributed by atoms with Crippen molar-refractivity contribution >= 4 is 11.6 Å². The second kappa shape index (κ2) is 5.12. The van der Waals surface area contributed by atoms with Gasteiger partial charge in [-0.15, -0.1) is 0 Å². The van der Waals surface area contributed by atoms with Crippen LogP contribution >= 0.6 is 11.6 Å². The maximum absolute atomic E-state index is 9.00. The highest BCUT2D eigenvalue weighted by atomic mass is 35.5. The number of halogens is 1. The fourth-order valence-electron chi connectivity index (χ4n) is 1.30. The van der Waals surface area contributed by atoms with E-state index in [4.69, 9.17) is 21.4 Å². The Kier molecular flexibility index (Phi) is 3.56. The first-order valence-corrected chi connectivity index (χ1v) is 5.44. The van der Waals surface area contributed by atoms with Crippen LogP contribution in [-0.2, 0) is 6.61 Å². The van der Waals surface area contributed by atoms with Crippen LogP contribution in [0.3, 0.4) is 0 Å². The van der Waals surface area contributed by atoms with E-state index in [0.717, 1.165) is 0 Å². The normalized spacial score (nSPS) is 10.3. The average Bonchev–Trinajstić information content (AvgIpc) is 2.32. The van der Waals surface area contributed by atoms with Crippen LogP contribution in [0.15, 0.2) is 30.5 Å². The van der Waals surface area contributed by atoms with Crippen LogP contribution in [0.25, 0.3) is 0 Å². The van der Waals surface area contributed by atoms with Gasteiger partial charge in [-0.05, 0) is 19.1 Å². The molecule has 0 saturated heterocycles. The number of aromatic nitrogens is 2. The molecular weight excluding hydrogens is 240 g/mol. The number of hydrogen-bond acceptors (Lipinski definition) is 4. The Morgan fingerprint density at radius 1 is 1.35 bits per heavy atom. The quantitative estimate of drug-likeness (QED) is 0.910. The first kappa shape index (κ1) is 11.8. The number of hydrogen-bond donors (Lipinski definition) is 1. The fraction of sp³-hybridized carbons (Fsp3) is 0.167. The van der Waals surface area contributed by atoms with E-state index in [1.807, 2.05) is 12.1 Å². The molecule has 0 spiro atoms. The molecule has 0 saturated carbocycles. The minimum absolute atomic E-state index is 0.0851. The summed E-state index contributed by atoms with van der Waals surface area (Å²) in [6, 6.07) is 7.31. The van der Waals surface area contributed by atoms with Crippen LogP contribution in [0.4, 0.5) is 0 Å². The number of nitrogens with zero attached hydrogens (tertiary/aromatic N) is 2. The molecular formula is C12H11ClN2O2.